The van der Waals surface area contributed by atoms with Crippen molar-refractivity contribution in [3.63, 3.8) is 0 Å². The zero-order valence-corrected chi connectivity index (χ0v) is 8.68. The Balaban J connectivity index is 2.87. The summed E-state index contributed by atoms with van der Waals surface area (Å²) in [5.74, 6) is 0.468. The molecule has 4 heteroatoms. The molecule has 0 saturated carbocycles. The standard InChI is InChI=1S/C11H13NO3/c1-8(7-13)12-6-9-3-4-10(14)11(5-9)15-2/h3-8,14H,1-2H3/b12-6-. The number of aldehydes is 1. The molecule has 0 radical (unpaired) electrons. The molecule has 1 unspecified atom stereocenters. The largest absolute Gasteiger partial charge is 0.504 e. The van der Waals surface area contributed by atoms with Gasteiger partial charge < -0.3 is 14.6 Å². The first-order valence-electron chi connectivity index (χ1n) is 4.53. The molecule has 4 nitrogen and oxygen atoms in total. The minimum Gasteiger partial charge on any atom is -0.504 e. The minimum absolute atomic E-state index is 0.0816. The van der Waals surface area contributed by atoms with Crippen molar-refractivity contribution in [2.75, 3.05) is 7.11 Å². The Hall–Kier alpha value is -1.84. The zero-order valence-electron chi connectivity index (χ0n) is 8.68. The van der Waals surface area contributed by atoms with Crippen LogP contribution in [0.1, 0.15) is 12.5 Å². The highest BCUT2D eigenvalue weighted by Gasteiger charge is 2.01. The third kappa shape index (κ3) is 3.09. The Morgan fingerprint density at radius 1 is 1.53 bits per heavy atom. The Labute approximate surface area is 88.2 Å². The molecule has 15 heavy (non-hydrogen) atoms. The second-order valence-electron chi connectivity index (χ2n) is 3.09. The highest BCUT2D eigenvalue weighted by Crippen LogP contribution is 2.25. The van der Waals surface area contributed by atoms with Gasteiger partial charge in [0.05, 0.1) is 7.11 Å². The number of phenols is 1. The first-order valence-corrected chi connectivity index (χ1v) is 4.53. The SMILES string of the molecule is COc1cc(/C=N\C(C)C=O)ccc1O. The van der Waals surface area contributed by atoms with Gasteiger partial charge in [0.1, 0.15) is 12.3 Å². The van der Waals surface area contributed by atoms with E-state index in [0.717, 1.165) is 11.8 Å². The molecule has 0 amide bonds. The number of ether oxygens (including phenoxy) is 1. The lowest BCUT2D eigenvalue weighted by Gasteiger charge is -2.03. The summed E-state index contributed by atoms with van der Waals surface area (Å²) in [6.07, 6.45) is 2.33. The molecule has 0 heterocycles. The molecule has 0 aromatic heterocycles. The zero-order chi connectivity index (χ0) is 11.3. The van der Waals surface area contributed by atoms with Gasteiger partial charge in [0.25, 0.3) is 0 Å². The van der Waals surface area contributed by atoms with Crippen molar-refractivity contribution in [2.45, 2.75) is 13.0 Å². The summed E-state index contributed by atoms with van der Waals surface area (Å²) in [6.45, 7) is 1.70. The van der Waals surface area contributed by atoms with Gasteiger partial charge in [0.2, 0.25) is 0 Å². The number of hydrogen-bond donors (Lipinski definition) is 1. The average Bonchev–Trinajstić information content (AvgIpc) is 2.27. The lowest BCUT2D eigenvalue weighted by Crippen LogP contribution is -1.99. The van der Waals surface area contributed by atoms with Gasteiger partial charge in [-0.2, -0.15) is 0 Å². The molecular weight excluding hydrogens is 194 g/mol. The quantitative estimate of drug-likeness (QED) is 0.599. The van der Waals surface area contributed by atoms with Crippen LogP contribution in [0.5, 0.6) is 11.5 Å². The maximum absolute atomic E-state index is 10.3. The molecule has 0 bridgehead atoms. The molecular formula is C11H13NO3. The minimum atomic E-state index is -0.357. The van der Waals surface area contributed by atoms with Gasteiger partial charge in [-0.25, -0.2) is 0 Å². The van der Waals surface area contributed by atoms with Crippen LogP contribution in [0.4, 0.5) is 0 Å². The molecule has 1 aromatic rings. The normalized spacial score (nSPS) is 12.7. The fraction of sp³-hybridized carbons (Fsp3) is 0.273. The highest BCUT2D eigenvalue weighted by molar-refractivity contribution is 5.82. The van der Waals surface area contributed by atoms with Crippen molar-refractivity contribution in [3.05, 3.63) is 23.8 Å². The summed E-state index contributed by atoms with van der Waals surface area (Å²) >= 11 is 0. The van der Waals surface area contributed by atoms with E-state index < -0.39 is 0 Å². The second-order valence-corrected chi connectivity index (χ2v) is 3.09. The number of carbonyl (C=O) groups is 1. The average molecular weight is 207 g/mol. The monoisotopic (exact) mass is 207 g/mol. The Morgan fingerprint density at radius 3 is 2.87 bits per heavy atom. The van der Waals surface area contributed by atoms with E-state index >= 15 is 0 Å². The molecule has 1 rings (SSSR count). The fourth-order valence-electron chi connectivity index (χ4n) is 1.01. The maximum atomic E-state index is 10.3. The van der Waals surface area contributed by atoms with E-state index in [-0.39, 0.29) is 11.8 Å². The number of aromatic hydroxyl groups is 1. The topological polar surface area (TPSA) is 58.9 Å². The van der Waals surface area contributed by atoms with Crippen molar-refractivity contribution in [3.8, 4) is 11.5 Å². The molecule has 0 aliphatic rings. The van der Waals surface area contributed by atoms with E-state index in [1.807, 2.05) is 0 Å². The molecule has 0 saturated heterocycles. The third-order valence-corrected chi connectivity index (χ3v) is 1.86. The van der Waals surface area contributed by atoms with E-state index in [9.17, 15) is 9.90 Å². The summed E-state index contributed by atoms with van der Waals surface area (Å²) in [7, 11) is 1.48. The molecule has 0 spiro atoms. The summed E-state index contributed by atoms with van der Waals surface area (Å²) in [5, 5.41) is 9.33. The van der Waals surface area contributed by atoms with Gasteiger partial charge in [-0.3, -0.25) is 4.99 Å². The molecule has 1 aromatic carbocycles. The number of methoxy groups -OCH3 is 1. The van der Waals surface area contributed by atoms with Crippen molar-refractivity contribution in [1.29, 1.82) is 0 Å². The predicted octanol–water partition coefficient (Wildman–Crippen LogP) is 1.41. The number of benzene rings is 1. The highest BCUT2D eigenvalue weighted by atomic mass is 16.5. The first-order chi connectivity index (χ1) is 7.17. The third-order valence-electron chi connectivity index (χ3n) is 1.86. The summed E-state index contributed by atoms with van der Waals surface area (Å²) in [6, 6.07) is 4.51. The fourth-order valence-corrected chi connectivity index (χ4v) is 1.01. The van der Waals surface area contributed by atoms with Gasteiger partial charge in [0, 0.05) is 6.21 Å². The number of aliphatic imine (C=N–C) groups is 1. The van der Waals surface area contributed by atoms with Crippen LogP contribution in [0.3, 0.4) is 0 Å². The van der Waals surface area contributed by atoms with E-state index in [2.05, 4.69) is 4.99 Å². The molecule has 80 valence electrons. The van der Waals surface area contributed by atoms with E-state index in [1.54, 1.807) is 25.3 Å². The molecule has 1 atom stereocenters. The number of phenolic OH excluding ortho intramolecular Hbond substituents is 1. The van der Waals surface area contributed by atoms with Crippen LogP contribution < -0.4 is 4.74 Å². The van der Waals surface area contributed by atoms with E-state index in [1.165, 1.54) is 13.2 Å². The van der Waals surface area contributed by atoms with Crippen LogP contribution in [-0.2, 0) is 4.79 Å². The van der Waals surface area contributed by atoms with Crippen LogP contribution in [0.25, 0.3) is 0 Å². The summed E-state index contributed by atoms with van der Waals surface area (Å²) < 4.78 is 4.94. The van der Waals surface area contributed by atoms with Crippen molar-refractivity contribution in [2.24, 2.45) is 4.99 Å². The van der Waals surface area contributed by atoms with Crippen LogP contribution in [0.2, 0.25) is 0 Å². The van der Waals surface area contributed by atoms with Crippen molar-refractivity contribution >= 4 is 12.5 Å². The summed E-state index contributed by atoms with van der Waals surface area (Å²) in [4.78, 5) is 14.3. The summed E-state index contributed by atoms with van der Waals surface area (Å²) in [5.41, 5.74) is 0.776. The lowest BCUT2D eigenvalue weighted by atomic mass is 10.2. The van der Waals surface area contributed by atoms with Crippen LogP contribution in [-0.4, -0.2) is 30.8 Å². The number of carbonyl (C=O) groups excluding carboxylic acids is 1. The lowest BCUT2D eigenvalue weighted by molar-refractivity contribution is -0.108. The van der Waals surface area contributed by atoms with E-state index in [0.29, 0.717) is 5.75 Å². The second kappa shape index (κ2) is 5.14. The van der Waals surface area contributed by atoms with Crippen LogP contribution in [0, 0.1) is 0 Å². The van der Waals surface area contributed by atoms with Crippen LogP contribution in [0.15, 0.2) is 23.2 Å². The Kier molecular flexibility index (Phi) is 3.85. The van der Waals surface area contributed by atoms with Gasteiger partial charge >= 0.3 is 0 Å². The Bertz CT molecular complexity index is 374. The predicted molar refractivity (Wildman–Crippen MR) is 57.8 cm³/mol. The van der Waals surface area contributed by atoms with Gasteiger partial charge in [0.15, 0.2) is 11.5 Å². The molecule has 0 fully saturated rings. The van der Waals surface area contributed by atoms with Crippen LogP contribution >= 0.6 is 0 Å². The van der Waals surface area contributed by atoms with Gasteiger partial charge in [-0.05, 0) is 30.7 Å². The van der Waals surface area contributed by atoms with Crippen molar-refractivity contribution in [1.82, 2.24) is 0 Å². The number of rotatable bonds is 4. The molecule has 0 aliphatic carbocycles. The maximum Gasteiger partial charge on any atom is 0.161 e. The number of hydrogen-bond acceptors (Lipinski definition) is 4. The van der Waals surface area contributed by atoms with E-state index in [4.69, 9.17) is 4.74 Å². The first kappa shape index (κ1) is 11.2. The molecule has 1 N–H and O–H groups in total. The Morgan fingerprint density at radius 2 is 2.27 bits per heavy atom. The van der Waals surface area contributed by atoms with Gasteiger partial charge in [-0.15, -0.1) is 0 Å². The molecule has 0 aliphatic heterocycles. The van der Waals surface area contributed by atoms with Gasteiger partial charge in [-0.1, -0.05) is 0 Å². The number of nitrogens with zero attached hydrogens (tertiary/aromatic N) is 1. The van der Waals surface area contributed by atoms with Crippen molar-refractivity contribution < 1.29 is 14.6 Å². The smallest absolute Gasteiger partial charge is 0.161 e.